The van der Waals surface area contributed by atoms with Crippen molar-refractivity contribution in [1.29, 1.82) is 0 Å². The summed E-state index contributed by atoms with van der Waals surface area (Å²) in [6, 6.07) is 5.96. The van der Waals surface area contributed by atoms with Gasteiger partial charge in [0.15, 0.2) is 17.8 Å². The summed E-state index contributed by atoms with van der Waals surface area (Å²) < 4.78 is 49.1. The number of halogens is 2. The Kier molecular flexibility index (Phi) is 8.64. The third-order valence-electron chi connectivity index (χ3n) is 5.85. The summed E-state index contributed by atoms with van der Waals surface area (Å²) in [6.45, 7) is 0.983. The van der Waals surface area contributed by atoms with Crippen molar-refractivity contribution >= 4 is 43.5 Å². The Morgan fingerprint density at radius 1 is 1.36 bits per heavy atom. The van der Waals surface area contributed by atoms with Crippen molar-refractivity contribution in [3.63, 3.8) is 0 Å². The van der Waals surface area contributed by atoms with Crippen LogP contribution in [0.2, 0.25) is 5.15 Å². The molecule has 3 heterocycles. The Morgan fingerprint density at radius 2 is 2.08 bits per heavy atom. The highest BCUT2D eigenvalue weighted by molar-refractivity contribution is 7.70. The van der Waals surface area contributed by atoms with Crippen LogP contribution in [0, 0.1) is 5.82 Å². The zero-order chi connectivity index (χ0) is 28.5. The van der Waals surface area contributed by atoms with E-state index in [0.717, 1.165) is 0 Å². The molecule has 3 aromatic rings. The van der Waals surface area contributed by atoms with E-state index in [1.54, 1.807) is 25.1 Å². The highest BCUT2D eigenvalue weighted by atomic mass is 35.5. The van der Waals surface area contributed by atoms with E-state index in [-0.39, 0.29) is 10.8 Å². The van der Waals surface area contributed by atoms with Crippen molar-refractivity contribution in [2.24, 2.45) is 5.11 Å². The van der Waals surface area contributed by atoms with Gasteiger partial charge in [0.1, 0.15) is 23.1 Å². The molecule has 0 spiro atoms. The van der Waals surface area contributed by atoms with Gasteiger partial charge in [0.25, 0.3) is 0 Å². The van der Waals surface area contributed by atoms with Gasteiger partial charge in [0.05, 0.1) is 36.0 Å². The van der Waals surface area contributed by atoms with Crippen LogP contribution >= 0.6 is 26.8 Å². The number of pyridine rings is 1. The van der Waals surface area contributed by atoms with Gasteiger partial charge >= 0.3 is 15.2 Å². The second-order valence-corrected chi connectivity index (χ2v) is 13.1. The molecule has 19 heteroatoms. The molecule has 6 atom stereocenters. The molecule has 0 aliphatic carbocycles. The maximum atomic E-state index is 14.3. The summed E-state index contributed by atoms with van der Waals surface area (Å²) in [5.41, 5.74) is 10.0. The summed E-state index contributed by atoms with van der Waals surface area (Å²) in [5.74, 6) is -1.84. The first-order chi connectivity index (χ1) is 18.3. The number of benzene rings is 1. The maximum absolute atomic E-state index is 14.3. The third-order valence-corrected chi connectivity index (χ3v) is 9.50. The topological polar surface area (TPSA) is 225 Å². The van der Waals surface area contributed by atoms with Gasteiger partial charge in [-0.1, -0.05) is 34.9 Å². The normalized spacial score (nSPS) is 23.8. The number of hydrogen-bond acceptors (Lipinski definition) is 9. The highest BCUT2D eigenvalue weighted by Gasteiger charge is 2.46. The monoisotopic (exact) mass is 605 g/mol. The second-order valence-electron chi connectivity index (χ2n) is 8.70. The molecule has 4 rings (SSSR count). The lowest BCUT2D eigenvalue weighted by Crippen LogP contribution is -2.32. The van der Waals surface area contributed by atoms with Crippen LogP contribution in [-0.2, 0) is 18.4 Å². The smallest absolute Gasteiger partial charge is 0.340 e. The molecule has 0 amide bonds. The molecule has 0 saturated carbocycles. The number of nitrogens with one attached hydrogen (secondary N) is 1. The molecule has 1 aliphatic heterocycles. The zero-order valence-corrected chi connectivity index (χ0v) is 22.6. The molecule has 39 heavy (non-hydrogen) atoms. The largest absolute Gasteiger partial charge is 0.390 e. The number of fused-ring (bicyclic) bond motifs is 1. The minimum Gasteiger partial charge on any atom is -0.390 e. The van der Waals surface area contributed by atoms with Crippen LogP contribution in [0.25, 0.3) is 21.5 Å². The molecule has 1 saturated heterocycles. The molecule has 2 aromatic heterocycles. The van der Waals surface area contributed by atoms with Gasteiger partial charge in [-0.2, -0.15) is 5.10 Å². The first kappa shape index (κ1) is 29.4. The third kappa shape index (κ3) is 6.76. The molecular weight excluding hydrogens is 583 g/mol. The van der Waals surface area contributed by atoms with E-state index in [9.17, 15) is 23.5 Å². The standard InChI is InChI=1S/C20H23ClFN7O8P2/c1-10(11-4-2-3-5-13(11)22)25-14-6-16(21)26-19-12(14)7-24-29(19)20-17(27-28-23)18(30)15(37-20)8-36-39(34,35)9-38(31,32)33/h2-7,10,15,17-18,20,30H,8-9H2,1H3,(H,25,26)(H,34,35)(H2,31,32,33)/t10?,15-,17-,18-,20?/m1/s1. The van der Waals surface area contributed by atoms with Gasteiger partial charge < -0.3 is 34.4 Å². The average Bonchev–Trinajstić information content (AvgIpc) is 3.38. The molecule has 1 aliphatic rings. The van der Waals surface area contributed by atoms with Crippen LogP contribution in [0.3, 0.4) is 0 Å². The van der Waals surface area contributed by atoms with Gasteiger partial charge in [-0.25, -0.2) is 14.1 Å². The number of hydrogen-bond donors (Lipinski definition) is 5. The number of aliphatic hydroxyl groups excluding tert-OH is 1. The predicted octanol–water partition coefficient (Wildman–Crippen LogP) is 3.67. The first-order valence-electron chi connectivity index (χ1n) is 11.2. The molecule has 0 radical (unpaired) electrons. The molecule has 210 valence electrons. The quantitative estimate of drug-likeness (QED) is 0.0736. The maximum Gasteiger partial charge on any atom is 0.340 e. The first-order valence-corrected chi connectivity index (χ1v) is 15.2. The fourth-order valence-electron chi connectivity index (χ4n) is 4.15. The summed E-state index contributed by atoms with van der Waals surface area (Å²) in [5, 5.41) is 22.1. The molecule has 0 bridgehead atoms. The summed E-state index contributed by atoms with van der Waals surface area (Å²) in [7, 11) is -9.63. The number of nitrogens with zero attached hydrogens (tertiary/aromatic N) is 6. The van der Waals surface area contributed by atoms with Crippen molar-refractivity contribution in [3.05, 3.63) is 63.5 Å². The Hall–Kier alpha value is -2.61. The number of aromatic nitrogens is 3. The highest BCUT2D eigenvalue weighted by Crippen LogP contribution is 2.55. The van der Waals surface area contributed by atoms with Crippen molar-refractivity contribution in [3.8, 4) is 0 Å². The Morgan fingerprint density at radius 3 is 2.74 bits per heavy atom. The second kappa shape index (κ2) is 11.5. The molecular formula is C20H23ClFN7O8P2. The van der Waals surface area contributed by atoms with Crippen LogP contribution in [0.15, 0.2) is 41.6 Å². The van der Waals surface area contributed by atoms with Crippen LogP contribution in [-0.4, -0.2) is 65.3 Å². The number of ether oxygens (including phenoxy) is 1. The van der Waals surface area contributed by atoms with E-state index in [2.05, 4.69) is 25.4 Å². The predicted molar refractivity (Wildman–Crippen MR) is 137 cm³/mol. The Balaban J connectivity index is 1.62. The number of anilines is 1. The lowest BCUT2D eigenvalue weighted by Gasteiger charge is -2.19. The van der Waals surface area contributed by atoms with Gasteiger partial charge in [0, 0.05) is 10.5 Å². The van der Waals surface area contributed by atoms with E-state index in [0.29, 0.717) is 16.6 Å². The lowest BCUT2D eigenvalue weighted by atomic mass is 10.1. The molecule has 15 nitrogen and oxygen atoms in total. The van der Waals surface area contributed by atoms with E-state index < -0.39 is 64.0 Å². The Bertz CT molecular complexity index is 1520. The van der Waals surface area contributed by atoms with Gasteiger partial charge in [0.2, 0.25) is 0 Å². The minimum atomic E-state index is -4.88. The lowest BCUT2D eigenvalue weighted by molar-refractivity contribution is -0.0441. The van der Waals surface area contributed by atoms with Gasteiger partial charge in [-0.05, 0) is 24.6 Å². The van der Waals surface area contributed by atoms with Crippen molar-refractivity contribution in [2.45, 2.75) is 37.4 Å². The van der Waals surface area contributed by atoms with E-state index in [1.165, 1.54) is 23.0 Å². The van der Waals surface area contributed by atoms with Crippen molar-refractivity contribution in [2.75, 3.05) is 17.8 Å². The summed E-state index contributed by atoms with van der Waals surface area (Å²) in [6.07, 6.45) is -2.77. The molecule has 1 aromatic carbocycles. The van der Waals surface area contributed by atoms with Gasteiger partial charge in [-0.3, -0.25) is 9.13 Å². The SMILES string of the molecule is CC(Nc1cc(Cl)nc2c1cnn2C1O[C@H](COP(=O)(O)CP(=O)(O)O)[C@@H](O)[C@H]1N=[N+]=[N-])c1ccccc1F. The van der Waals surface area contributed by atoms with E-state index in [4.69, 9.17) is 36.2 Å². The molecule has 5 N–H and O–H groups in total. The van der Waals surface area contributed by atoms with Crippen LogP contribution in [0.4, 0.5) is 10.1 Å². The van der Waals surface area contributed by atoms with Gasteiger partial charge in [-0.15, -0.1) is 0 Å². The van der Waals surface area contributed by atoms with Crippen LogP contribution in [0.5, 0.6) is 0 Å². The van der Waals surface area contributed by atoms with Crippen molar-refractivity contribution < 1.29 is 42.6 Å². The minimum absolute atomic E-state index is 0.0323. The fourth-order valence-corrected chi connectivity index (χ4v) is 6.91. The average molecular weight is 606 g/mol. The summed E-state index contributed by atoms with van der Waals surface area (Å²) in [4.78, 5) is 34.6. The van der Waals surface area contributed by atoms with Crippen LogP contribution in [0.1, 0.15) is 24.8 Å². The van der Waals surface area contributed by atoms with Crippen LogP contribution < -0.4 is 5.32 Å². The number of rotatable bonds is 10. The number of azide groups is 1. The van der Waals surface area contributed by atoms with Crippen molar-refractivity contribution in [1.82, 2.24) is 14.8 Å². The van der Waals surface area contributed by atoms with E-state index in [1.807, 2.05) is 0 Å². The zero-order valence-electron chi connectivity index (χ0n) is 20.0. The van der Waals surface area contributed by atoms with E-state index >= 15 is 0 Å². The summed E-state index contributed by atoms with van der Waals surface area (Å²) >= 11 is 6.25. The number of aliphatic hydroxyl groups is 1. The fraction of sp³-hybridized carbons (Fsp3) is 0.400. The molecule has 1 fully saturated rings. The Labute approximate surface area is 224 Å². The molecule has 3 unspecified atom stereocenters.